The summed E-state index contributed by atoms with van der Waals surface area (Å²) >= 11 is 14.8. The van der Waals surface area contributed by atoms with Gasteiger partial charge < -0.3 is 0 Å². The standard InChI is InChI=1S/C14H8BrCl2FO/c15-12-4-3-9(16)6-11(12)14(19)5-8-1-2-10(17)7-13(8)18/h1-4,6-7H,5H2. The minimum absolute atomic E-state index is 0.0397. The average Bonchev–Trinajstić information content (AvgIpc) is 2.35. The summed E-state index contributed by atoms with van der Waals surface area (Å²) in [5.74, 6) is -0.699. The normalized spacial score (nSPS) is 10.5. The fraction of sp³-hybridized carbons (Fsp3) is 0.0714. The highest BCUT2D eigenvalue weighted by Crippen LogP contribution is 2.23. The van der Waals surface area contributed by atoms with Gasteiger partial charge in [-0.25, -0.2) is 4.39 Å². The number of carbonyl (C=O) groups is 1. The molecule has 0 aliphatic heterocycles. The molecule has 0 aliphatic rings. The Morgan fingerprint density at radius 1 is 1.11 bits per heavy atom. The minimum atomic E-state index is -0.487. The molecule has 0 heterocycles. The SMILES string of the molecule is O=C(Cc1ccc(Cl)cc1F)c1cc(Cl)ccc1Br. The molecule has 19 heavy (non-hydrogen) atoms. The first-order valence-electron chi connectivity index (χ1n) is 5.39. The molecule has 0 aromatic heterocycles. The first-order valence-corrected chi connectivity index (χ1v) is 6.94. The van der Waals surface area contributed by atoms with Gasteiger partial charge in [-0.2, -0.15) is 0 Å². The second kappa shape index (κ2) is 6.04. The third-order valence-electron chi connectivity index (χ3n) is 2.59. The Labute approximate surface area is 128 Å². The summed E-state index contributed by atoms with van der Waals surface area (Å²) in [5.41, 5.74) is 0.739. The maximum Gasteiger partial charge on any atom is 0.168 e. The molecule has 0 saturated carbocycles. The molecule has 0 fully saturated rings. The number of Topliss-reactive ketones (excluding diaryl/α,β-unsaturated/α-hetero) is 1. The molecule has 0 radical (unpaired) electrons. The topological polar surface area (TPSA) is 17.1 Å². The highest BCUT2D eigenvalue weighted by molar-refractivity contribution is 9.10. The van der Waals surface area contributed by atoms with Gasteiger partial charge in [0.15, 0.2) is 5.78 Å². The summed E-state index contributed by atoms with van der Waals surface area (Å²) in [4.78, 5) is 12.1. The van der Waals surface area contributed by atoms with Crippen molar-refractivity contribution in [2.24, 2.45) is 0 Å². The third-order valence-corrected chi connectivity index (χ3v) is 3.76. The summed E-state index contributed by atoms with van der Waals surface area (Å²) in [6, 6.07) is 9.17. The predicted octanol–water partition coefficient (Wildman–Crippen LogP) is 5.32. The van der Waals surface area contributed by atoms with E-state index in [1.54, 1.807) is 24.3 Å². The van der Waals surface area contributed by atoms with E-state index in [1.807, 2.05) is 0 Å². The molecule has 2 aromatic rings. The van der Waals surface area contributed by atoms with Crippen molar-refractivity contribution in [3.63, 3.8) is 0 Å². The van der Waals surface area contributed by atoms with Gasteiger partial charge in [-0.1, -0.05) is 45.2 Å². The van der Waals surface area contributed by atoms with Gasteiger partial charge >= 0.3 is 0 Å². The van der Waals surface area contributed by atoms with Crippen molar-refractivity contribution >= 4 is 44.9 Å². The molecule has 2 rings (SSSR count). The lowest BCUT2D eigenvalue weighted by atomic mass is 10.0. The number of benzene rings is 2. The van der Waals surface area contributed by atoms with Crippen LogP contribution in [0, 0.1) is 5.82 Å². The van der Waals surface area contributed by atoms with Crippen LogP contribution >= 0.6 is 39.1 Å². The van der Waals surface area contributed by atoms with E-state index in [4.69, 9.17) is 23.2 Å². The van der Waals surface area contributed by atoms with Crippen molar-refractivity contribution in [2.75, 3.05) is 0 Å². The molecule has 0 unspecified atom stereocenters. The van der Waals surface area contributed by atoms with Crippen LogP contribution in [0.1, 0.15) is 15.9 Å². The molecule has 98 valence electrons. The van der Waals surface area contributed by atoms with Crippen LogP contribution in [0.15, 0.2) is 40.9 Å². The average molecular weight is 362 g/mol. The van der Waals surface area contributed by atoms with Crippen molar-refractivity contribution in [1.82, 2.24) is 0 Å². The molecular formula is C14H8BrCl2FO. The molecule has 0 bridgehead atoms. The lowest BCUT2D eigenvalue weighted by Gasteiger charge is -2.06. The number of rotatable bonds is 3. The van der Waals surface area contributed by atoms with Crippen molar-refractivity contribution in [3.05, 3.63) is 67.9 Å². The van der Waals surface area contributed by atoms with Crippen LogP contribution in [0.2, 0.25) is 10.0 Å². The molecule has 5 heteroatoms. The largest absolute Gasteiger partial charge is 0.294 e. The van der Waals surface area contributed by atoms with Crippen LogP contribution in [-0.2, 0) is 6.42 Å². The zero-order chi connectivity index (χ0) is 14.0. The van der Waals surface area contributed by atoms with Crippen molar-refractivity contribution < 1.29 is 9.18 Å². The van der Waals surface area contributed by atoms with Gasteiger partial charge in [-0.3, -0.25) is 4.79 Å². The summed E-state index contributed by atoms with van der Waals surface area (Å²) in [5, 5.41) is 0.765. The Morgan fingerprint density at radius 2 is 1.74 bits per heavy atom. The van der Waals surface area contributed by atoms with E-state index in [9.17, 15) is 9.18 Å². The van der Waals surface area contributed by atoms with Gasteiger partial charge in [-0.05, 0) is 35.9 Å². The monoisotopic (exact) mass is 360 g/mol. The van der Waals surface area contributed by atoms with E-state index >= 15 is 0 Å². The maximum absolute atomic E-state index is 13.6. The van der Waals surface area contributed by atoms with Gasteiger partial charge in [0.2, 0.25) is 0 Å². The van der Waals surface area contributed by atoms with E-state index in [0.29, 0.717) is 25.6 Å². The zero-order valence-corrected chi connectivity index (χ0v) is 12.7. The summed E-state index contributed by atoms with van der Waals surface area (Å²) < 4.78 is 14.3. The van der Waals surface area contributed by atoms with Crippen LogP contribution in [0.5, 0.6) is 0 Å². The Morgan fingerprint density at radius 3 is 2.42 bits per heavy atom. The van der Waals surface area contributed by atoms with Gasteiger partial charge in [0.1, 0.15) is 5.82 Å². The number of ketones is 1. The molecule has 1 nitrogen and oxygen atoms in total. The molecule has 2 aromatic carbocycles. The van der Waals surface area contributed by atoms with E-state index < -0.39 is 5.82 Å². The Bertz CT molecular complexity index is 643. The first kappa shape index (κ1) is 14.5. The third kappa shape index (κ3) is 3.56. The molecule has 0 aliphatic carbocycles. The lowest BCUT2D eigenvalue weighted by Crippen LogP contribution is -2.06. The number of halogens is 4. The second-order valence-corrected chi connectivity index (χ2v) is 5.69. The maximum atomic E-state index is 13.6. The Kier molecular flexibility index (Phi) is 4.61. The second-order valence-electron chi connectivity index (χ2n) is 3.96. The molecule has 0 N–H and O–H groups in total. The Balaban J connectivity index is 2.28. The molecule has 0 atom stereocenters. The van der Waals surface area contributed by atoms with Gasteiger partial charge in [0, 0.05) is 26.5 Å². The lowest BCUT2D eigenvalue weighted by molar-refractivity contribution is 0.0991. The smallest absolute Gasteiger partial charge is 0.168 e. The van der Waals surface area contributed by atoms with Gasteiger partial charge in [0.05, 0.1) is 0 Å². The van der Waals surface area contributed by atoms with Gasteiger partial charge in [0.25, 0.3) is 0 Å². The molecule has 0 spiro atoms. The fourth-order valence-corrected chi connectivity index (χ4v) is 2.44. The number of carbonyl (C=O) groups excluding carboxylic acids is 1. The van der Waals surface area contributed by atoms with E-state index in [2.05, 4.69) is 15.9 Å². The van der Waals surface area contributed by atoms with Crippen molar-refractivity contribution in [1.29, 1.82) is 0 Å². The summed E-state index contributed by atoms with van der Waals surface area (Å²) in [6.45, 7) is 0. The van der Waals surface area contributed by atoms with E-state index in [0.717, 1.165) is 0 Å². The fourth-order valence-electron chi connectivity index (χ4n) is 1.64. The van der Waals surface area contributed by atoms with Crippen LogP contribution < -0.4 is 0 Å². The van der Waals surface area contributed by atoms with Crippen LogP contribution in [-0.4, -0.2) is 5.78 Å². The van der Waals surface area contributed by atoms with Crippen LogP contribution in [0.4, 0.5) is 4.39 Å². The van der Waals surface area contributed by atoms with Crippen molar-refractivity contribution in [3.8, 4) is 0 Å². The number of hydrogen-bond donors (Lipinski definition) is 0. The summed E-state index contributed by atoms with van der Waals surface area (Å²) in [7, 11) is 0. The summed E-state index contributed by atoms with van der Waals surface area (Å²) in [6.07, 6.45) is -0.0397. The minimum Gasteiger partial charge on any atom is -0.294 e. The van der Waals surface area contributed by atoms with E-state index in [-0.39, 0.29) is 12.2 Å². The highest BCUT2D eigenvalue weighted by atomic mass is 79.9. The van der Waals surface area contributed by atoms with Crippen LogP contribution in [0.25, 0.3) is 0 Å². The predicted molar refractivity (Wildman–Crippen MR) is 78.6 cm³/mol. The zero-order valence-electron chi connectivity index (χ0n) is 9.59. The van der Waals surface area contributed by atoms with E-state index in [1.165, 1.54) is 12.1 Å². The first-order chi connectivity index (χ1) is 8.97. The van der Waals surface area contributed by atoms with Crippen molar-refractivity contribution in [2.45, 2.75) is 6.42 Å². The molecule has 0 saturated heterocycles. The highest BCUT2D eigenvalue weighted by Gasteiger charge is 2.14. The quantitative estimate of drug-likeness (QED) is 0.676. The Hall–Kier alpha value is -0.900. The number of hydrogen-bond acceptors (Lipinski definition) is 1. The molecular weight excluding hydrogens is 354 g/mol. The molecule has 0 amide bonds. The van der Waals surface area contributed by atoms with Gasteiger partial charge in [-0.15, -0.1) is 0 Å². The van der Waals surface area contributed by atoms with Crippen LogP contribution in [0.3, 0.4) is 0 Å².